The smallest absolute Gasteiger partial charge is 0.250 e. The van der Waals surface area contributed by atoms with Crippen LogP contribution in [0.5, 0.6) is 0 Å². The zero-order valence-electron chi connectivity index (χ0n) is 10.8. The molecule has 7 heteroatoms. The Morgan fingerprint density at radius 3 is 2.81 bits per heavy atom. The van der Waals surface area contributed by atoms with Crippen LogP contribution >= 0.6 is 33.9 Å². The number of rotatable bonds is 4. The summed E-state index contributed by atoms with van der Waals surface area (Å²) in [6, 6.07) is 11.2. The number of pyridine rings is 1. The molecule has 1 aromatic carbocycles. The standard InChI is InChI=1S/C14H11IN2O2S2/c15-11-7-14(20-9-11)21(18,19)17-8-10-5-6-16-13-4-2-1-3-12(10)13/h1-7,9,17H,8H2. The summed E-state index contributed by atoms with van der Waals surface area (Å²) in [4.78, 5) is 4.27. The van der Waals surface area contributed by atoms with Crippen molar-refractivity contribution in [3.63, 3.8) is 0 Å². The Labute approximate surface area is 140 Å². The molecule has 2 heterocycles. The van der Waals surface area contributed by atoms with Crippen molar-refractivity contribution in [3.8, 4) is 0 Å². The first-order chi connectivity index (χ1) is 10.1. The van der Waals surface area contributed by atoms with Crippen molar-refractivity contribution in [1.29, 1.82) is 0 Å². The third-order valence-corrected chi connectivity index (χ3v) is 6.89. The van der Waals surface area contributed by atoms with Gasteiger partial charge in [-0.3, -0.25) is 4.98 Å². The molecular weight excluding hydrogens is 419 g/mol. The van der Waals surface area contributed by atoms with Gasteiger partial charge in [0.05, 0.1) is 5.52 Å². The molecule has 1 N–H and O–H groups in total. The highest BCUT2D eigenvalue weighted by Crippen LogP contribution is 2.22. The molecule has 0 saturated carbocycles. The van der Waals surface area contributed by atoms with Crippen molar-refractivity contribution in [2.75, 3.05) is 0 Å². The lowest BCUT2D eigenvalue weighted by Gasteiger charge is -2.07. The predicted octanol–water partition coefficient (Wildman–Crippen LogP) is 3.38. The summed E-state index contributed by atoms with van der Waals surface area (Å²) in [6.07, 6.45) is 1.69. The number of thiophene rings is 1. The van der Waals surface area contributed by atoms with E-state index in [1.165, 1.54) is 11.3 Å². The number of nitrogens with zero attached hydrogens (tertiary/aromatic N) is 1. The number of hydrogen-bond acceptors (Lipinski definition) is 4. The summed E-state index contributed by atoms with van der Waals surface area (Å²) in [5.41, 5.74) is 1.77. The molecule has 108 valence electrons. The van der Waals surface area contributed by atoms with E-state index in [4.69, 9.17) is 0 Å². The molecule has 0 amide bonds. The predicted molar refractivity (Wildman–Crippen MR) is 92.8 cm³/mol. The van der Waals surface area contributed by atoms with E-state index in [1.54, 1.807) is 12.3 Å². The molecule has 3 rings (SSSR count). The number of para-hydroxylation sites is 1. The fourth-order valence-electron chi connectivity index (χ4n) is 1.99. The van der Waals surface area contributed by atoms with E-state index in [9.17, 15) is 8.42 Å². The molecule has 0 saturated heterocycles. The van der Waals surface area contributed by atoms with Crippen LogP contribution in [-0.4, -0.2) is 13.4 Å². The average molecular weight is 430 g/mol. The van der Waals surface area contributed by atoms with Gasteiger partial charge in [-0.15, -0.1) is 11.3 Å². The lowest BCUT2D eigenvalue weighted by atomic mass is 10.1. The first kappa shape index (κ1) is 14.9. The molecule has 4 nitrogen and oxygen atoms in total. The van der Waals surface area contributed by atoms with Crippen molar-refractivity contribution in [2.45, 2.75) is 10.8 Å². The van der Waals surface area contributed by atoms with Gasteiger partial charge in [0, 0.05) is 27.1 Å². The second kappa shape index (κ2) is 5.99. The van der Waals surface area contributed by atoms with E-state index in [1.807, 2.05) is 35.7 Å². The minimum Gasteiger partial charge on any atom is -0.256 e. The molecule has 0 aliphatic heterocycles. The maximum Gasteiger partial charge on any atom is 0.250 e. The summed E-state index contributed by atoms with van der Waals surface area (Å²) in [5.74, 6) is 0. The normalized spacial score (nSPS) is 11.9. The van der Waals surface area contributed by atoms with E-state index in [2.05, 4.69) is 32.3 Å². The number of benzene rings is 1. The van der Waals surface area contributed by atoms with Crippen LogP contribution in [0.3, 0.4) is 0 Å². The van der Waals surface area contributed by atoms with Crippen LogP contribution in [0, 0.1) is 3.57 Å². The van der Waals surface area contributed by atoms with E-state index >= 15 is 0 Å². The SMILES string of the molecule is O=S(=O)(NCc1ccnc2ccccc12)c1cc(I)cs1. The lowest BCUT2D eigenvalue weighted by molar-refractivity contribution is 0.583. The number of sulfonamides is 1. The van der Waals surface area contributed by atoms with Gasteiger partial charge in [0.2, 0.25) is 10.0 Å². The van der Waals surface area contributed by atoms with E-state index in [0.717, 1.165) is 20.0 Å². The van der Waals surface area contributed by atoms with E-state index in [0.29, 0.717) is 4.21 Å². The van der Waals surface area contributed by atoms with Crippen molar-refractivity contribution in [1.82, 2.24) is 9.71 Å². The Morgan fingerprint density at radius 2 is 2.05 bits per heavy atom. The summed E-state index contributed by atoms with van der Waals surface area (Å²) in [5, 5.41) is 2.78. The van der Waals surface area contributed by atoms with Gasteiger partial charge in [-0.1, -0.05) is 18.2 Å². The number of aromatic nitrogens is 1. The molecule has 0 atom stereocenters. The Hall–Kier alpha value is -1.03. The topological polar surface area (TPSA) is 59.1 Å². The van der Waals surface area contributed by atoms with Gasteiger partial charge >= 0.3 is 0 Å². The third-order valence-electron chi connectivity index (χ3n) is 3.00. The molecule has 0 aliphatic carbocycles. The van der Waals surface area contributed by atoms with Crippen molar-refractivity contribution in [2.24, 2.45) is 0 Å². The fraction of sp³-hybridized carbons (Fsp3) is 0.0714. The van der Waals surface area contributed by atoms with Crippen molar-refractivity contribution < 1.29 is 8.42 Å². The van der Waals surface area contributed by atoms with Gasteiger partial charge in [0.25, 0.3) is 0 Å². The molecule has 21 heavy (non-hydrogen) atoms. The van der Waals surface area contributed by atoms with Gasteiger partial charge in [-0.2, -0.15) is 0 Å². The molecule has 0 unspecified atom stereocenters. The summed E-state index contributed by atoms with van der Waals surface area (Å²) in [6.45, 7) is 0.250. The largest absolute Gasteiger partial charge is 0.256 e. The summed E-state index contributed by atoms with van der Waals surface area (Å²) in [7, 11) is -3.46. The minimum absolute atomic E-state index is 0.250. The number of hydrogen-bond donors (Lipinski definition) is 1. The quantitative estimate of drug-likeness (QED) is 0.646. The van der Waals surface area contributed by atoms with Crippen molar-refractivity contribution >= 4 is 54.9 Å². The number of nitrogens with one attached hydrogen (secondary N) is 1. The highest BCUT2D eigenvalue weighted by molar-refractivity contribution is 14.1. The molecule has 2 aromatic heterocycles. The van der Waals surface area contributed by atoms with Crippen LogP contribution in [0.15, 0.2) is 52.2 Å². The maximum absolute atomic E-state index is 12.2. The zero-order valence-corrected chi connectivity index (χ0v) is 14.6. The van der Waals surface area contributed by atoms with Crippen LogP contribution in [-0.2, 0) is 16.6 Å². The van der Waals surface area contributed by atoms with E-state index < -0.39 is 10.0 Å². The first-order valence-electron chi connectivity index (χ1n) is 6.12. The van der Waals surface area contributed by atoms with Gasteiger partial charge < -0.3 is 0 Å². The minimum atomic E-state index is -3.46. The molecule has 0 fully saturated rings. The molecular formula is C14H11IN2O2S2. The van der Waals surface area contributed by atoms with E-state index in [-0.39, 0.29) is 6.54 Å². The molecule has 0 aliphatic rings. The van der Waals surface area contributed by atoms with Crippen LogP contribution in [0.25, 0.3) is 10.9 Å². The first-order valence-corrected chi connectivity index (χ1v) is 9.57. The highest BCUT2D eigenvalue weighted by Gasteiger charge is 2.16. The lowest BCUT2D eigenvalue weighted by Crippen LogP contribution is -2.22. The average Bonchev–Trinajstić information content (AvgIpc) is 2.93. The van der Waals surface area contributed by atoms with Gasteiger partial charge in [-0.05, 0) is 46.4 Å². The number of fused-ring (bicyclic) bond motifs is 1. The molecule has 0 spiro atoms. The fourth-order valence-corrected chi connectivity index (χ4v) is 5.19. The van der Waals surface area contributed by atoms with Crippen molar-refractivity contribution in [3.05, 3.63) is 57.1 Å². The molecule has 3 aromatic rings. The maximum atomic E-state index is 12.2. The third kappa shape index (κ3) is 3.25. The second-order valence-corrected chi connectivity index (χ2v) is 8.55. The van der Waals surface area contributed by atoms with Crippen LogP contribution in [0.1, 0.15) is 5.56 Å². The van der Waals surface area contributed by atoms with Gasteiger partial charge in [0.1, 0.15) is 4.21 Å². The van der Waals surface area contributed by atoms with Gasteiger partial charge in [0.15, 0.2) is 0 Å². The van der Waals surface area contributed by atoms with Crippen LogP contribution < -0.4 is 4.72 Å². The Bertz CT molecular complexity index is 885. The summed E-state index contributed by atoms with van der Waals surface area (Å²) >= 11 is 3.33. The highest BCUT2D eigenvalue weighted by atomic mass is 127. The Morgan fingerprint density at radius 1 is 1.24 bits per heavy atom. The molecule has 0 radical (unpaired) electrons. The Balaban J connectivity index is 1.87. The van der Waals surface area contributed by atoms with Crippen LogP contribution in [0.2, 0.25) is 0 Å². The van der Waals surface area contributed by atoms with Crippen LogP contribution in [0.4, 0.5) is 0 Å². The second-order valence-electron chi connectivity index (χ2n) is 4.40. The molecule has 0 bridgehead atoms. The Kier molecular flexibility index (Phi) is 4.25. The number of halogens is 1. The van der Waals surface area contributed by atoms with Gasteiger partial charge in [-0.25, -0.2) is 13.1 Å². The monoisotopic (exact) mass is 430 g/mol. The summed E-state index contributed by atoms with van der Waals surface area (Å²) < 4.78 is 28.4. The zero-order chi connectivity index (χ0) is 14.9.